The first-order valence-electron chi connectivity index (χ1n) is 5.29. The zero-order chi connectivity index (χ0) is 8.81. The lowest BCUT2D eigenvalue weighted by molar-refractivity contribution is 0.193. The topological polar surface area (TPSA) is 15.3 Å². The van der Waals surface area contributed by atoms with E-state index in [0.29, 0.717) is 0 Å². The minimum atomic E-state index is 0.933. The van der Waals surface area contributed by atoms with E-state index in [1.165, 1.54) is 45.6 Å². The molecule has 0 unspecified atom stereocenters. The Bertz CT molecular complexity index is 104. The van der Waals surface area contributed by atoms with E-state index in [0.717, 1.165) is 5.92 Å². The van der Waals surface area contributed by atoms with Crippen molar-refractivity contribution < 1.29 is 0 Å². The summed E-state index contributed by atoms with van der Waals surface area (Å²) < 4.78 is 0. The van der Waals surface area contributed by atoms with Crippen LogP contribution in [0.2, 0.25) is 0 Å². The molecule has 1 fully saturated rings. The molecule has 0 saturated carbocycles. The summed E-state index contributed by atoms with van der Waals surface area (Å²) in [7, 11) is 0. The van der Waals surface area contributed by atoms with E-state index in [1.54, 1.807) is 0 Å². The van der Waals surface area contributed by atoms with Gasteiger partial charge in [-0.15, -0.1) is 0 Å². The van der Waals surface area contributed by atoms with Gasteiger partial charge in [-0.25, -0.2) is 0 Å². The highest BCUT2D eigenvalue weighted by atomic mass is 15.1. The van der Waals surface area contributed by atoms with Crippen LogP contribution in [-0.4, -0.2) is 37.6 Å². The highest BCUT2D eigenvalue weighted by molar-refractivity contribution is 4.77. The van der Waals surface area contributed by atoms with Gasteiger partial charge in [0.05, 0.1) is 0 Å². The van der Waals surface area contributed by atoms with Gasteiger partial charge in [0.25, 0.3) is 0 Å². The normalized spacial score (nSPS) is 18.2. The largest absolute Gasteiger partial charge is 0.316 e. The second-order valence-corrected chi connectivity index (χ2v) is 3.82. The van der Waals surface area contributed by atoms with Gasteiger partial charge in [-0.2, -0.15) is 0 Å². The molecular formula is C10H22N2. The summed E-state index contributed by atoms with van der Waals surface area (Å²) in [5, 5.41) is 3.32. The lowest BCUT2D eigenvalue weighted by Crippen LogP contribution is -2.48. The summed E-state index contributed by atoms with van der Waals surface area (Å²) in [6.07, 6.45) is 2.58. The zero-order valence-corrected chi connectivity index (χ0v) is 8.47. The maximum Gasteiger partial charge on any atom is 0.00340 e. The number of hydrogen-bond acceptors (Lipinski definition) is 2. The van der Waals surface area contributed by atoms with Crippen molar-refractivity contribution in [3.8, 4) is 0 Å². The van der Waals surface area contributed by atoms with Gasteiger partial charge in [0.1, 0.15) is 0 Å². The molecule has 0 spiro atoms. The first-order chi connectivity index (χ1) is 5.86. The van der Waals surface area contributed by atoms with E-state index in [4.69, 9.17) is 0 Å². The Labute approximate surface area is 76.3 Å². The summed E-state index contributed by atoms with van der Waals surface area (Å²) in [5.41, 5.74) is 0. The van der Waals surface area contributed by atoms with E-state index >= 15 is 0 Å². The maximum absolute atomic E-state index is 3.32. The predicted molar refractivity (Wildman–Crippen MR) is 53.4 cm³/mol. The van der Waals surface area contributed by atoms with Gasteiger partial charge < -0.3 is 10.2 Å². The highest BCUT2D eigenvalue weighted by Crippen LogP contribution is 2.06. The minimum Gasteiger partial charge on any atom is -0.316 e. The molecule has 2 heteroatoms. The molecule has 1 aliphatic rings. The third kappa shape index (κ3) is 3.11. The lowest BCUT2D eigenvalue weighted by atomic mass is 10.0. The average Bonchev–Trinajstić information content (AvgIpc) is 1.97. The summed E-state index contributed by atoms with van der Waals surface area (Å²) in [4.78, 5) is 2.60. The smallest absolute Gasteiger partial charge is 0.00340 e. The van der Waals surface area contributed by atoms with E-state index in [2.05, 4.69) is 24.1 Å². The van der Waals surface area contributed by atoms with E-state index in [-0.39, 0.29) is 0 Å². The number of nitrogens with zero attached hydrogens (tertiary/aromatic N) is 1. The molecule has 0 radical (unpaired) electrons. The molecule has 0 atom stereocenters. The molecule has 1 aliphatic heterocycles. The Kier molecular flexibility index (Phi) is 4.62. The second kappa shape index (κ2) is 5.55. The summed E-state index contributed by atoms with van der Waals surface area (Å²) in [6.45, 7) is 10.9. The number of rotatable bonds is 6. The molecular weight excluding hydrogens is 148 g/mol. The first kappa shape index (κ1) is 10.0. The fraction of sp³-hybridized carbons (Fsp3) is 1.00. The van der Waals surface area contributed by atoms with Crippen molar-refractivity contribution in [3.05, 3.63) is 0 Å². The van der Waals surface area contributed by atoms with E-state index in [9.17, 15) is 0 Å². The van der Waals surface area contributed by atoms with Crippen molar-refractivity contribution in [2.45, 2.75) is 26.7 Å². The van der Waals surface area contributed by atoms with Crippen LogP contribution < -0.4 is 5.32 Å². The van der Waals surface area contributed by atoms with Crippen LogP contribution in [0.15, 0.2) is 0 Å². The van der Waals surface area contributed by atoms with Crippen molar-refractivity contribution in [3.63, 3.8) is 0 Å². The molecule has 0 amide bonds. The molecule has 0 aromatic heterocycles. The van der Waals surface area contributed by atoms with Crippen LogP contribution in [0.4, 0.5) is 0 Å². The van der Waals surface area contributed by atoms with Gasteiger partial charge >= 0.3 is 0 Å². The minimum absolute atomic E-state index is 0.933. The molecule has 12 heavy (non-hydrogen) atoms. The fourth-order valence-electron chi connectivity index (χ4n) is 1.77. The van der Waals surface area contributed by atoms with Crippen molar-refractivity contribution in [1.29, 1.82) is 0 Å². The molecule has 0 aliphatic carbocycles. The third-order valence-corrected chi connectivity index (χ3v) is 2.46. The SMILES string of the molecule is CCCN(CCC)CC1CNC1. The van der Waals surface area contributed by atoms with E-state index < -0.39 is 0 Å². The quantitative estimate of drug-likeness (QED) is 0.647. The van der Waals surface area contributed by atoms with Crippen LogP contribution in [0, 0.1) is 5.92 Å². The van der Waals surface area contributed by atoms with Crippen LogP contribution in [0.25, 0.3) is 0 Å². The van der Waals surface area contributed by atoms with Gasteiger partial charge in [-0.3, -0.25) is 0 Å². The van der Waals surface area contributed by atoms with Crippen LogP contribution in [0.1, 0.15) is 26.7 Å². The Morgan fingerprint density at radius 3 is 2.08 bits per heavy atom. The molecule has 1 saturated heterocycles. The molecule has 0 bridgehead atoms. The first-order valence-corrected chi connectivity index (χ1v) is 5.29. The van der Waals surface area contributed by atoms with Gasteiger partial charge in [0.15, 0.2) is 0 Å². The molecule has 0 aromatic rings. The van der Waals surface area contributed by atoms with Crippen LogP contribution in [-0.2, 0) is 0 Å². The molecule has 2 nitrogen and oxygen atoms in total. The maximum atomic E-state index is 3.32. The predicted octanol–water partition coefficient (Wildman–Crippen LogP) is 1.33. The van der Waals surface area contributed by atoms with Crippen molar-refractivity contribution in [1.82, 2.24) is 10.2 Å². The van der Waals surface area contributed by atoms with Gasteiger partial charge in [-0.1, -0.05) is 13.8 Å². The molecule has 0 aromatic carbocycles. The summed E-state index contributed by atoms with van der Waals surface area (Å²) in [6, 6.07) is 0. The molecule has 1 heterocycles. The molecule has 1 N–H and O–H groups in total. The van der Waals surface area contributed by atoms with Gasteiger partial charge in [0.2, 0.25) is 0 Å². The fourth-order valence-corrected chi connectivity index (χ4v) is 1.77. The third-order valence-electron chi connectivity index (χ3n) is 2.46. The zero-order valence-electron chi connectivity index (χ0n) is 8.47. The van der Waals surface area contributed by atoms with Crippen LogP contribution in [0.5, 0.6) is 0 Å². The van der Waals surface area contributed by atoms with Crippen LogP contribution in [0.3, 0.4) is 0 Å². The Morgan fingerprint density at radius 2 is 1.75 bits per heavy atom. The van der Waals surface area contributed by atoms with Crippen molar-refractivity contribution in [2.24, 2.45) is 5.92 Å². The van der Waals surface area contributed by atoms with Crippen molar-refractivity contribution in [2.75, 3.05) is 32.7 Å². The van der Waals surface area contributed by atoms with Crippen molar-refractivity contribution >= 4 is 0 Å². The Balaban J connectivity index is 2.11. The Hall–Kier alpha value is -0.0800. The van der Waals surface area contributed by atoms with E-state index in [1.807, 2.05) is 0 Å². The standard InChI is InChI=1S/C10H22N2/c1-3-5-12(6-4-2)9-10-7-11-8-10/h10-11H,3-9H2,1-2H3. The average molecular weight is 170 g/mol. The number of nitrogens with one attached hydrogen (secondary N) is 1. The lowest BCUT2D eigenvalue weighted by Gasteiger charge is -2.32. The summed E-state index contributed by atoms with van der Waals surface area (Å²) in [5.74, 6) is 0.933. The monoisotopic (exact) mass is 170 g/mol. The Morgan fingerprint density at radius 1 is 1.17 bits per heavy atom. The van der Waals surface area contributed by atoms with Crippen LogP contribution >= 0.6 is 0 Å². The summed E-state index contributed by atoms with van der Waals surface area (Å²) >= 11 is 0. The van der Waals surface area contributed by atoms with Gasteiger partial charge in [0, 0.05) is 19.6 Å². The highest BCUT2D eigenvalue weighted by Gasteiger charge is 2.18. The number of hydrogen-bond donors (Lipinski definition) is 1. The van der Waals surface area contributed by atoms with Gasteiger partial charge in [-0.05, 0) is 31.8 Å². The molecule has 1 rings (SSSR count). The second-order valence-electron chi connectivity index (χ2n) is 3.82. The molecule has 72 valence electrons.